The van der Waals surface area contributed by atoms with E-state index in [2.05, 4.69) is 10.1 Å². The van der Waals surface area contributed by atoms with Crippen LogP contribution < -0.4 is 11.0 Å². The van der Waals surface area contributed by atoms with Crippen LogP contribution in [0.1, 0.15) is 40.6 Å². The van der Waals surface area contributed by atoms with E-state index in [-0.39, 0.29) is 28.5 Å². The van der Waals surface area contributed by atoms with Crippen LogP contribution in [0.15, 0.2) is 46.0 Å². The van der Waals surface area contributed by atoms with Crippen molar-refractivity contribution in [2.24, 2.45) is 7.05 Å². The van der Waals surface area contributed by atoms with E-state index in [1.165, 1.54) is 4.68 Å². The molecule has 1 atom stereocenters. The minimum atomic E-state index is -0.221. The van der Waals surface area contributed by atoms with Gasteiger partial charge in [-0.1, -0.05) is 18.2 Å². The van der Waals surface area contributed by atoms with Gasteiger partial charge in [0.05, 0.1) is 5.39 Å². The lowest BCUT2D eigenvalue weighted by atomic mass is 9.93. The first kappa shape index (κ1) is 18.2. The predicted molar refractivity (Wildman–Crippen MR) is 107 cm³/mol. The molecule has 2 aromatic heterocycles. The summed E-state index contributed by atoms with van der Waals surface area (Å²) in [7, 11) is 1.56. The van der Waals surface area contributed by atoms with Crippen molar-refractivity contribution < 1.29 is 4.79 Å². The average molecular weight is 378 g/mol. The average Bonchev–Trinajstić information content (AvgIpc) is 2.69. The van der Waals surface area contributed by atoms with Gasteiger partial charge in [-0.3, -0.25) is 14.4 Å². The number of aromatic nitrogens is 3. The monoisotopic (exact) mass is 378 g/mol. The fourth-order valence-electron chi connectivity index (χ4n) is 3.95. The van der Waals surface area contributed by atoms with Crippen LogP contribution >= 0.6 is 0 Å². The van der Waals surface area contributed by atoms with Gasteiger partial charge >= 0.3 is 0 Å². The number of amides is 1. The highest BCUT2D eigenvalue weighted by Gasteiger charge is 2.28. The van der Waals surface area contributed by atoms with Crippen molar-refractivity contribution in [3.8, 4) is 0 Å². The Bertz CT molecular complexity index is 1180. The minimum absolute atomic E-state index is 0.0274. The molecule has 4 rings (SSSR count). The summed E-state index contributed by atoms with van der Waals surface area (Å²) >= 11 is 0. The van der Waals surface area contributed by atoms with E-state index >= 15 is 0 Å². The highest BCUT2D eigenvalue weighted by Crippen LogP contribution is 2.27. The highest BCUT2D eigenvalue weighted by molar-refractivity contribution is 6.04. The van der Waals surface area contributed by atoms with Crippen LogP contribution in [0.25, 0.3) is 10.8 Å². The summed E-state index contributed by atoms with van der Waals surface area (Å²) in [4.78, 5) is 42.5. The van der Waals surface area contributed by atoms with Gasteiger partial charge < -0.3 is 9.88 Å². The third-order valence-corrected chi connectivity index (χ3v) is 5.31. The SMILES string of the molecule is Cc1cc(=O)cc(C2CCCN(C(=O)c3nn(C)c(=O)c4ccccc34)C2)[nH]1. The highest BCUT2D eigenvalue weighted by atomic mass is 16.2. The Hall–Kier alpha value is -3.22. The fraction of sp³-hybridized carbons (Fsp3) is 0.333. The van der Waals surface area contributed by atoms with Crippen LogP contribution in [0.3, 0.4) is 0 Å². The molecule has 0 saturated carbocycles. The quantitative estimate of drug-likeness (QED) is 0.738. The van der Waals surface area contributed by atoms with Crippen molar-refractivity contribution >= 4 is 16.7 Å². The van der Waals surface area contributed by atoms with E-state index in [0.29, 0.717) is 23.9 Å². The second-order valence-electron chi connectivity index (χ2n) is 7.37. The molecule has 1 aromatic carbocycles. The van der Waals surface area contributed by atoms with Crippen molar-refractivity contribution in [1.29, 1.82) is 0 Å². The lowest BCUT2D eigenvalue weighted by Gasteiger charge is -2.33. The zero-order valence-corrected chi connectivity index (χ0v) is 15.9. The molecule has 1 unspecified atom stereocenters. The van der Waals surface area contributed by atoms with Crippen LogP contribution in [0.5, 0.6) is 0 Å². The first-order valence-corrected chi connectivity index (χ1v) is 9.40. The number of rotatable bonds is 2. The van der Waals surface area contributed by atoms with Crippen LogP contribution in [0.2, 0.25) is 0 Å². The first-order chi connectivity index (χ1) is 13.4. The van der Waals surface area contributed by atoms with Crippen molar-refractivity contribution in [3.63, 3.8) is 0 Å². The summed E-state index contributed by atoms with van der Waals surface area (Å²) < 4.78 is 1.22. The number of aryl methyl sites for hydroxylation is 2. The van der Waals surface area contributed by atoms with E-state index in [1.807, 2.05) is 6.92 Å². The lowest BCUT2D eigenvalue weighted by molar-refractivity contribution is 0.0699. The van der Waals surface area contributed by atoms with E-state index in [0.717, 1.165) is 24.2 Å². The topological polar surface area (TPSA) is 88.1 Å². The number of carbonyl (C=O) groups is 1. The van der Waals surface area contributed by atoms with Gasteiger partial charge in [-0.25, -0.2) is 4.68 Å². The van der Waals surface area contributed by atoms with E-state index < -0.39 is 0 Å². The number of aromatic amines is 1. The van der Waals surface area contributed by atoms with Crippen LogP contribution in [-0.2, 0) is 7.05 Å². The van der Waals surface area contributed by atoms with E-state index in [4.69, 9.17) is 0 Å². The smallest absolute Gasteiger partial charge is 0.274 e. The molecule has 0 spiro atoms. The molecule has 1 aliphatic heterocycles. The molecule has 3 aromatic rings. The zero-order chi connectivity index (χ0) is 19.8. The predicted octanol–water partition coefficient (Wildman–Crippen LogP) is 1.95. The summed E-state index contributed by atoms with van der Waals surface area (Å²) in [5, 5.41) is 5.31. The Labute approximate surface area is 161 Å². The number of nitrogens with zero attached hydrogens (tertiary/aromatic N) is 3. The lowest BCUT2D eigenvalue weighted by Crippen LogP contribution is -2.40. The van der Waals surface area contributed by atoms with Gasteiger partial charge in [0.2, 0.25) is 0 Å². The number of hydrogen-bond donors (Lipinski definition) is 1. The largest absolute Gasteiger partial charge is 0.362 e. The molecule has 0 aliphatic carbocycles. The van der Waals surface area contributed by atoms with Crippen LogP contribution in [0.4, 0.5) is 0 Å². The molecule has 0 radical (unpaired) electrons. The number of benzene rings is 1. The Balaban J connectivity index is 1.69. The maximum atomic E-state index is 13.3. The Morgan fingerprint density at radius 1 is 1.18 bits per heavy atom. The second-order valence-corrected chi connectivity index (χ2v) is 7.37. The number of carbonyl (C=O) groups excluding carboxylic acids is 1. The second kappa shape index (κ2) is 7.07. The van der Waals surface area contributed by atoms with Gasteiger partial charge in [-0.15, -0.1) is 0 Å². The number of likely N-dealkylation sites (tertiary alicyclic amines) is 1. The van der Waals surface area contributed by atoms with Crippen LogP contribution in [0, 0.1) is 6.92 Å². The molecule has 3 heterocycles. The number of H-pyrrole nitrogens is 1. The number of piperidine rings is 1. The number of hydrogen-bond acceptors (Lipinski definition) is 4. The maximum Gasteiger partial charge on any atom is 0.274 e. The fourth-order valence-corrected chi connectivity index (χ4v) is 3.95. The van der Waals surface area contributed by atoms with Gasteiger partial charge in [0.1, 0.15) is 0 Å². The van der Waals surface area contributed by atoms with Crippen molar-refractivity contribution in [3.05, 3.63) is 74.1 Å². The Morgan fingerprint density at radius 3 is 2.68 bits per heavy atom. The molecule has 0 bridgehead atoms. The van der Waals surface area contributed by atoms with Crippen molar-refractivity contribution in [1.82, 2.24) is 19.7 Å². The van der Waals surface area contributed by atoms with Crippen LogP contribution in [-0.4, -0.2) is 38.7 Å². The third kappa shape index (κ3) is 3.24. The molecular weight excluding hydrogens is 356 g/mol. The molecule has 7 nitrogen and oxygen atoms in total. The normalized spacial score (nSPS) is 17.1. The minimum Gasteiger partial charge on any atom is -0.362 e. The third-order valence-electron chi connectivity index (χ3n) is 5.31. The summed E-state index contributed by atoms with van der Waals surface area (Å²) in [6, 6.07) is 10.2. The van der Waals surface area contributed by atoms with Crippen molar-refractivity contribution in [2.75, 3.05) is 13.1 Å². The summed E-state index contributed by atoms with van der Waals surface area (Å²) in [6.07, 6.45) is 1.75. The van der Waals surface area contributed by atoms with E-state index in [9.17, 15) is 14.4 Å². The molecule has 7 heteroatoms. The van der Waals surface area contributed by atoms with Gasteiger partial charge in [0.25, 0.3) is 11.5 Å². The van der Waals surface area contributed by atoms with Gasteiger partial charge in [-0.05, 0) is 25.8 Å². The summed E-state index contributed by atoms with van der Waals surface area (Å²) in [5.41, 5.74) is 1.72. The number of pyridine rings is 1. The first-order valence-electron chi connectivity index (χ1n) is 9.40. The molecule has 1 fully saturated rings. The van der Waals surface area contributed by atoms with Gasteiger partial charge in [0, 0.05) is 55.0 Å². The molecule has 28 heavy (non-hydrogen) atoms. The molecular formula is C21H22N4O3. The van der Waals surface area contributed by atoms with Gasteiger partial charge in [0.15, 0.2) is 11.1 Å². The maximum absolute atomic E-state index is 13.3. The summed E-state index contributed by atoms with van der Waals surface area (Å²) in [6.45, 7) is 3.00. The molecule has 1 N–H and O–H groups in total. The zero-order valence-electron chi connectivity index (χ0n) is 15.9. The molecule has 1 amide bonds. The molecule has 1 saturated heterocycles. The standard InChI is InChI=1S/C21H22N4O3/c1-13-10-15(26)11-18(22-13)14-6-5-9-25(12-14)21(28)19-16-7-3-4-8-17(16)20(27)24(2)23-19/h3-4,7-8,10-11,14H,5-6,9,12H2,1-2H3,(H,22,26). The Morgan fingerprint density at radius 2 is 1.93 bits per heavy atom. The number of fused-ring (bicyclic) bond motifs is 1. The molecule has 1 aliphatic rings. The van der Waals surface area contributed by atoms with Gasteiger partial charge in [-0.2, -0.15) is 5.10 Å². The van der Waals surface area contributed by atoms with E-state index in [1.54, 1.807) is 48.3 Å². The molecule has 144 valence electrons. The van der Waals surface area contributed by atoms with Crippen molar-refractivity contribution in [2.45, 2.75) is 25.7 Å². The Kier molecular flexibility index (Phi) is 4.58. The number of nitrogens with one attached hydrogen (secondary N) is 1. The summed E-state index contributed by atoms with van der Waals surface area (Å²) in [5.74, 6) is -0.115.